The van der Waals surface area contributed by atoms with Gasteiger partial charge in [-0.1, -0.05) is 10.5 Å². The summed E-state index contributed by atoms with van der Waals surface area (Å²) in [4.78, 5) is 9.92. The minimum absolute atomic E-state index is 0.0263. The average molecular weight is 211 g/mol. The maximum absolute atomic E-state index is 11.3. The van der Waals surface area contributed by atoms with E-state index in [0.29, 0.717) is 0 Å². The molecule has 0 fully saturated rings. The van der Waals surface area contributed by atoms with Crippen LogP contribution in [0.15, 0.2) is 27.5 Å². The Morgan fingerprint density at radius 3 is 2.07 bits per heavy atom. The number of isocyanates is 1. The van der Waals surface area contributed by atoms with Crippen molar-refractivity contribution in [1.29, 1.82) is 0 Å². The van der Waals surface area contributed by atoms with Gasteiger partial charge in [0.1, 0.15) is 0 Å². The molecule has 1 aromatic carbocycles. The molecule has 0 amide bonds. The average Bonchev–Trinajstić information content (AvgIpc) is 2.02. The van der Waals surface area contributed by atoms with Gasteiger partial charge in [-0.05, 0) is 37.1 Å². The first-order valence-electron chi connectivity index (χ1n) is 3.88. The molecule has 1 aromatic rings. The van der Waals surface area contributed by atoms with Crippen LogP contribution in [-0.4, -0.2) is 14.5 Å². The second-order valence-electron chi connectivity index (χ2n) is 2.98. The Bertz CT molecular complexity index is 479. The zero-order chi connectivity index (χ0) is 10.8. The Morgan fingerprint density at radius 2 is 1.64 bits per heavy atom. The van der Waals surface area contributed by atoms with E-state index >= 15 is 0 Å². The number of rotatable bonds is 2. The molecule has 14 heavy (non-hydrogen) atoms. The standard InChI is InChI=1S/C9H9NO3S/c1-7-3-8(2)5-9(4-7)14(12,13)10-6-11/h3-5H,1-2H3. The molecular weight excluding hydrogens is 202 g/mol. The summed E-state index contributed by atoms with van der Waals surface area (Å²) in [6.45, 7) is 3.55. The highest BCUT2D eigenvalue weighted by Gasteiger charge is 2.12. The summed E-state index contributed by atoms with van der Waals surface area (Å²) in [5.74, 6) is 0. The summed E-state index contributed by atoms with van der Waals surface area (Å²) in [6.07, 6.45) is 1.03. The third kappa shape index (κ3) is 2.28. The van der Waals surface area contributed by atoms with E-state index in [0.717, 1.165) is 17.2 Å². The van der Waals surface area contributed by atoms with E-state index in [1.807, 2.05) is 6.07 Å². The number of aryl methyl sites for hydroxylation is 2. The molecule has 0 aliphatic carbocycles. The van der Waals surface area contributed by atoms with Crippen LogP contribution in [0.4, 0.5) is 0 Å². The predicted molar refractivity (Wildman–Crippen MR) is 51.2 cm³/mol. The number of hydrogen-bond acceptors (Lipinski definition) is 3. The molecule has 1 rings (SSSR count). The molecular formula is C9H9NO3S. The van der Waals surface area contributed by atoms with E-state index in [1.54, 1.807) is 13.8 Å². The molecule has 0 spiro atoms. The highest BCUT2D eigenvalue weighted by atomic mass is 32.2. The molecule has 0 aliphatic heterocycles. The minimum atomic E-state index is -3.85. The molecule has 0 aliphatic rings. The van der Waals surface area contributed by atoms with Gasteiger partial charge >= 0.3 is 0 Å². The fourth-order valence-electron chi connectivity index (χ4n) is 1.18. The number of sulfonamides is 1. The Labute approximate surface area is 82.3 Å². The lowest BCUT2D eigenvalue weighted by Crippen LogP contribution is -1.97. The number of benzene rings is 1. The summed E-state index contributed by atoms with van der Waals surface area (Å²) in [5.41, 5.74) is 1.62. The van der Waals surface area contributed by atoms with Gasteiger partial charge in [-0.15, -0.1) is 0 Å². The third-order valence-corrected chi connectivity index (χ3v) is 2.80. The van der Waals surface area contributed by atoms with Crippen LogP contribution in [0.25, 0.3) is 0 Å². The molecule has 0 unspecified atom stereocenters. The van der Waals surface area contributed by atoms with Crippen molar-refractivity contribution in [3.63, 3.8) is 0 Å². The normalized spacial score (nSPS) is 10.7. The molecule has 0 aromatic heterocycles. The highest BCUT2D eigenvalue weighted by molar-refractivity contribution is 7.90. The van der Waals surface area contributed by atoms with Gasteiger partial charge in [0.15, 0.2) is 0 Å². The lowest BCUT2D eigenvalue weighted by Gasteiger charge is -2.00. The van der Waals surface area contributed by atoms with Gasteiger partial charge in [0.05, 0.1) is 4.90 Å². The third-order valence-electron chi connectivity index (χ3n) is 1.65. The molecule has 0 bridgehead atoms. The van der Waals surface area contributed by atoms with Crippen LogP contribution >= 0.6 is 0 Å². The molecule has 0 N–H and O–H groups in total. The summed E-state index contributed by atoms with van der Waals surface area (Å²) < 4.78 is 25.4. The van der Waals surface area contributed by atoms with Gasteiger partial charge in [0.25, 0.3) is 16.1 Å². The molecule has 0 radical (unpaired) electrons. The fraction of sp³-hybridized carbons (Fsp3) is 0.222. The van der Waals surface area contributed by atoms with Crippen LogP contribution in [-0.2, 0) is 14.8 Å². The zero-order valence-electron chi connectivity index (χ0n) is 7.81. The largest absolute Gasteiger partial charge is 0.292 e. The van der Waals surface area contributed by atoms with E-state index in [4.69, 9.17) is 0 Å². The van der Waals surface area contributed by atoms with Gasteiger partial charge in [-0.2, -0.15) is 8.42 Å². The van der Waals surface area contributed by atoms with Gasteiger partial charge < -0.3 is 0 Å². The van der Waals surface area contributed by atoms with Crippen molar-refractivity contribution < 1.29 is 13.2 Å². The van der Waals surface area contributed by atoms with Gasteiger partial charge in [0.2, 0.25) is 0 Å². The number of hydrogen-bond donors (Lipinski definition) is 0. The molecule has 0 saturated carbocycles. The summed E-state index contributed by atoms with van der Waals surface area (Å²) in [5, 5.41) is 0. The topological polar surface area (TPSA) is 63.6 Å². The highest BCUT2D eigenvalue weighted by Crippen LogP contribution is 2.15. The van der Waals surface area contributed by atoms with E-state index in [2.05, 4.69) is 4.40 Å². The smallest absolute Gasteiger partial charge is 0.210 e. The Kier molecular flexibility index (Phi) is 2.84. The van der Waals surface area contributed by atoms with Crippen molar-refractivity contribution in [3.05, 3.63) is 29.3 Å². The van der Waals surface area contributed by atoms with Crippen molar-refractivity contribution in [1.82, 2.24) is 0 Å². The molecule has 5 heteroatoms. The van der Waals surface area contributed by atoms with Crippen molar-refractivity contribution >= 4 is 16.1 Å². The van der Waals surface area contributed by atoms with Crippen LogP contribution < -0.4 is 0 Å². The SMILES string of the molecule is Cc1cc(C)cc(S(=O)(=O)N=C=O)c1. The zero-order valence-corrected chi connectivity index (χ0v) is 8.63. The molecule has 0 heterocycles. The summed E-state index contributed by atoms with van der Waals surface area (Å²) in [6, 6.07) is 4.76. The van der Waals surface area contributed by atoms with Crippen LogP contribution in [0.5, 0.6) is 0 Å². The van der Waals surface area contributed by atoms with Crippen LogP contribution in [0.2, 0.25) is 0 Å². The van der Waals surface area contributed by atoms with Crippen LogP contribution in [0, 0.1) is 13.8 Å². The van der Waals surface area contributed by atoms with E-state index < -0.39 is 10.0 Å². The molecule has 4 nitrogen and oxygen atoms in total. The first-order chi connectivity index (χ1) is 6.45. The Hall–Kier alpha value is -1.45. The van der Waals surface area contributed by atoms with Crippen molar-refractivity contribution in [2.24, 2.45) is 4.40 Å². The van der Waals surface area contributed by atoms with Crippen molar-refractivity contribution in [2.45, 2.75) is 18.7 Å². The maximum Gasteiger partial charge on any atom is 0.292 e. The predicted octanol–water partition coefficient (Wildman–Crippen LogP) is 1.33. The summed E-state index contributed by atoms with van der Waals surface area (Å²) >= 11 is 0. The molecule has 0 atom stereocenters. The lowest BCUT2D eigenvalue weighted by molar-refractivity contribution is 0.563. The minimum Gasteiger partial charge on any atom is -0.210 e. The quantitative estimate of drug-likeness (QED) is 0.547. The first-order valence-corrected chi connectivity index (χ1v) is 5.32. The van der Waals surface area contributed by atoms with E-state index in [9.17, 15) is 13.2 Å². The van der Waals surface area contributed by atoms with Crippen LogP contribution in [0.3, 0.4) is 0 Å². The first kappa shape index (κ1) is 10.6. The molecule has 0 saturated heterocycles. The van der Waals surface area contributed by atoms with Crippen molar-refractivity contribution in [2.75, 3.05) is 0 Å². The second kappa shape index (κ2) is 3.74. The van der Waals surface area contributed by atoms with Gasteiger partial charge in [0, 0.05) is 0 Å². The van der Waals surface area contributed by atoms with Gasteiger partial charge in [-0.25, -0.2) is 4.79 Å². The Morgan fingerprint density at radius 1 is 1.14 bits per heavy atom. The molecule has 74 valence electrons. The maximum atomic E-state index is 11.3. The van der Waals surface area contributed by atoms with Crippen molar-refractivity contribution in [3.8, 4) is 0 Å². The van der Waals surface area contributed by atoms with E-state index in [1.165, 1.54) is 12.1 Å². The van der Waals surface area contributed by atoms with Gasteiger partial charge in [-0.3, -0.25) is 0 Å². The second-order valence-corrected chi connectivity index (χ2v) is 4.59. The Balaban J connectivity index is 3.40. The number of nitrogens with zero attached hydrogens (tertiary/aromatic N) is 1. The summed E-state index contributed by atoms with van der Waals surface area (Å²) in [7, 11) is -3.85. The fourth-order valence-corrected chi connectivity index (χ4v) is 2.06. The lowest BCUT2D eigenvalue weighted by atomic mass is 10.2. The monoisotopic (exact) mass is 211 g/mol. The van der Waals surface area contributed by atoms with E-state index in [-0.39, 0.29) is 4.90 Å². The number of carbonyl (C=O) groups excluding carboxylic acids is 1. The van der Waals surface area contributed by atoms with Crippen LogP contribution in [0.1, 0.15) is 11.1 Å².